The molecule has 1 aliphatic heterocycles. The van der Waals surface area contributed by atoms with E-state index in [1.807, 2.05) is 6.92 Å². The fraction of sp³-hybridized carbons (Fsp3) is 0.500. The van der Waals surface area contributed by atoms with Crippen molar-refractivity contribution in [2.45, 2.75) is 32.0 Å². The van der Waals surface area contributed by atoms with E-state index in [9.17, 15) is 15.0 Å². The number of amides is 1. The van der Waals surface area contributed by atoms with Crippen LogP contribution in [0.2, 0.25) is 0 Å². The number of hydrogen-bond donors (Lipinski definition) is 2. The van der Waals surface area contributed by atoms with Gasteiger partial charge >= 0.3 is 0 Å². The number of carbonyl (C=O) groups excluding carboxylic acids is 1. The molecule has 1 amide bonds. The summed E-state index contributed by atoms with van der Waals surface area (Å²) in [6, 6.07) is 1.77. The van der Waals surface area contributed by atoms with Crippen molar-refractivity contribution < 1.29 is 15.0 Å². The highest BCUT2D eigenvalue weighted by Gasteiger charge is 2.38. The first-order valence-corrected chi connectivity index (χ1v) is 6.89. The van der Waals surface area contributed by atoms with Crippen LogP contribution < -0.4 is 0 Å². The first kappa shape index (κ1) is 14.0. The predicted octanol–water partition coefficient (Wildman–Crippen LogP) is -0.00448. The van der Waals surface area contributed by atoms with Gasteiger partial charge in [-0.15, -0.1) is 0 Å². The lowest BCUT2D eigenvalue weighted by molar-refractivity contribution is -0.0999. The van der Waals surface area contributed by atoms with Gasteiger partial charge in [0.2, 0.25) is 0 Å². The van der Waals surface area contributed by atoms with Crippen molar-refractivity contribution in [2.75, 3.05) is 13.1 Å². The molecule has 21 heavy (non-hydrogen) atoms. The molecule has 2 aromatic rings. The molecule has 2 N–H and O–H groups in total. The maximum Gasteiger partial charge on any atom is 0.257 e. The molecule has 0 bridgehead atoms. The lowest BCUT2D eigenvalue weighted by atomic mass is 9.90. The number of piperidine rings is 1. The molecular weight excluding hydrogens is 272 g/mol. The van der Waals surface area contributed by atoms with E-state index in [2.05, 4.69) is 10.1 Å². The van der Waals surface area contributed by atoms with Crippen molar-refractivity contribution >= 4 is 11.6 Å². The van der Waals surface area contributed by atoms with Crippen LogP contribution in [0.4, 0.5) is 0 Å². The molecule has 2 atom stereocenters. The number of aromatic nitrogens is 3. The first-order chi connectivity index (χ1) is 9.90. The van der Waals surface area contributed by atoms with E-state index in [0.29, 0.717) is 29.9 Å². The number of hydrogen-bond acceptors (Lipinski definition) is 5. The van der Waals surface area contributed by atoms with Crippen molar-refractivity contribution in [1.29, 1.82) is 0 Å². The third kappa shape index (κ3) is 2.28. The first-order valence-electron chi connectivity index (χ1n) is 6.89. The topological polar surface area (TPSA) is 91.0 Å². The zero-order valence-electron chi connectivity index (χ0n) is 12.0. The maximum atomic E-state index is 12.6. The number of aryl methyl sites for hydroxylation is 1. The number of fused-ring (bicyclic) bond motifs is 1. The van der Waals surface area contributed by atoms with Crippen LogP contribution in [0.5, 0.6) is 0 Å². The molecule has 7 heteroatoms. The van der Waals surface area contributed by atoms with Crippen LogP contribution in [0.25, 0.3) is 5.65 Å². The minimum Gasteiger partial charge on any atom is -0.388 e. The Morgan fingerprint density at radius 3 is 3.00 bits per heavy atom. The van der Waals surface area contributed by atoms with Crippen LogP contribution in [0, 0.1) is 6.92 Å². The monoisotopic (exact) mass is 290 g/mol. The van der Waals surface area contributed by atoms with Crippen LogP contribution in [0.1, 0.15) is 29.4 Å². The van der Waals surface area contributed by atoms with E-state index in [1.165, 1.54) is 6.20 Å². The van der Waals surface area contributed by atoms with Gasteiger partial charge in [-0.1, -0.05) is 0 Å². The molecule has 0 saturated carbocycles. The number of nitrogens with zero attached hydrogens (tertiary/aromatic N) is 4. The molecule has 7 nitrogen and oxygen atoms in total. The summed E-state index contributed by atoms with van der Waals surface area (Å²) in [7, 11) is 0. The molecule has 0 spiro atoms. The summed E-state index contributed by atoms with van der Waals surface area (Å²) >= 11 is 0. The van der Waals surface area contributed by atoms with Gasteiger partial charge in [-0.25, -0.2) is 9.50 Å². The molecule has 3 rings (SSSR count). The molecule has 0 radical (unpaired) electrons. The minimum atomic E-state index is -1.14. The number of aliphatic hydroxyl groups excluding tert-OH is 1. The zero-order valence-corrected chi connectivity index (χ0v) is 12.0. The van der Waals surface area contributed by atoms with Gasteiger partial charge in [0.05, 0.1) is 29.2 Å². The predicted molar refractivity (Wildman–Crippen MR) is 74.9 cm³/mol. The lowest BCUT2D eigenvalue weighted by Crippen LogP contribution is -2.55. The number of likely N-dealkylation sites (tertiary alicyclic amines) is 1. The summed E-state index contributed by atoms with van der Waals surface area (Å²) in [6.07, 6.45) is 2.56. The Morgan fingerprint density at radius 2 is 2.29 bits per heavy atom. The summed E-state index contributed by atoms with van der Waals surface area (Å²) in [5.41, 5.74) is 0.711. The van der Waals surface area contributed by atoms with Gasteiger partial charge in [-0.05, 0) is 20.3 Å². The Morgan fingerprint density at radius 1 is 1.52 bits per heavy atom. The second-order valence-corrected chi connectivity index (χ2v) is 5.73. The molecule has 3 heterocycles. The van der Waals surface area contributed by atoms with Crippen LogP contribution in [0.15, 0.2) is 18.5 Å². The molecule has 0 aromatic carbocycles. The van der Waals surface area contributed by atoms with Gasteiger partial charge in [0.15, 0.2) is 5.65 Å². The Kier molecular flexibility index (Phi) is 3.18. The van der Waals surface area contributed by atoms with Gasteiger partial charge in [0, 0.05) is 25.4 Å². The molecule has 0 unspecified atom stereocenters. The SMILES string of the molecule is Cc1c(C(=O)N2CC[C@@](C)(O)[C@@H](O)C2)cnc2ccnn12. The van der Waals surface area contributed by atoms with E-state index >= 15 is 0 Å². The largest absolute Gasteiger partial charge is 0.388 e. The number of rotatable bonds is 1. The van der Waals surface area contributed by atoms with Crippen molar-refractivity contribution in [3.8, 4) is 0 Å². The minimum absolute atomic E-state index is 0.114. The summed E-state index contributed by atoms with van der Waals surface area (Å²) in [4.78, 5) is 18.3. The fourth-order valence-corrected chi connectivity index (χ4v) is 2.58. The van der Waals surface area contributed by atoms with Crippen LogP contribution >= 0.6 is 0 Å². The number of β-amino-alcohol motifs (C(OH)–C–C–N with tert-alkyl or cyclic N) is 1. The van der Waals surface area contributed by atoms with Gasteiger partial charge in [-0.3, -0.25) is 4.79 Å². The quantitative estimate of drug-likeness (QED) is 0.771. The van der Waals surface area contributed by atoms with Crippen LogP contribution in [0.3, 0.4) is 0 Å². The Bertz CT molecular complexity index is 695. The zero-order chi connectivity index (χ0) is 15.2. The smallest absolute Gasteiger partial charge is 0.257 e. The highest BCUT2D eigenvalue weighted by atomic mass is 16.3. The molecule has 112 valence electrons. The van der Waals surface area contributed by atoms with Crippen LogP contribution in [-0.2, 0) is 0 Å². The highest BCUT2D eigenvalue weighted by Crippen LogP contribution is 2.23. The molecule has 1 saturated heterocycles. The van der Waals surface area contributed by atoms with Gasteiger partial charge in [0.25, 0.3) is 5.91 Å². The molecule has 2 aromatic heterocycles. The average Bonchev–Trinajstić information content (AvgIpc) is 2.91. The normalized spacial score (nSPS) is 26.3. The van der Waals surface area contributed by atoms with E-state index in [0.717, 1.165) is 0 Å². The Labute approximate surface area is 121 Å². The van der Waals surface area contributed by atoms with Gasteiger partial charge < -0.3 is 15.1 Å². The number of aliphatic hydroxyl groups is 2. The van der Waals surface area contributed by atoms with E-state index < -0.39 is 11.7 Å². The van der Waals surface area contributed by atoms with Crippen LogP contribution in [-0.4, -0.2) is 60.4 Å². The summed E-state index contributed by atoms with van der Waals surface area (Å²) in [6.45, 7) is 3.91. The molecule has 0 aliphatic carbocycles. The van der Waals surface area contributed by atoms with E-state index in [1.54, 1.807) is 28.6 Å². The van der Waals surface area contributed by atoms with Crippen molar-refractivity contribution in [1.82, 2.24) is 19.5 Å². The summed E-state index contributed by atoms with van der Waals surface area (Å²) in [5, 5.41) is 24.0. The van der Waals surface area contributed by atoms with Gasteiger partial charge in [0.1, 0.15) is 0 Å². The second-order valence-electron chi connectivity index (χ2n) is 5.73. The third-order valence-corrected chi connectivity index (χ3v) is 4.17. The Hall–Kier alpha value is -1.99. The van der Waals surface area contributed by atoms with E-state index in [4.69, 9.17) is 0 Å². The van der Waals surface area contributed by atoms with Crippen molar-refractivity contribution in [2.24, 2.45) is 0 Å². The maximum absolute atomic E-state index is 12.6. The number of carbonyl (C=O) groups is 1. The van der Waals surface area contributed by atoms with Crippen molar-refractivity contribution in [3.05, 3.63) is 29.7 Å². The van der Waals surface area contributed by atoms with Gasteiger partial charge in [-0.2, -0.15) is 5.10 Å². The summed E-state index contributed by atoms with van der Waals surface area (Å²) < 4.78 is 1.61. The molecule has 1 aliphatic rings. The standard InChI is InChI=1S/C14H18N4O3/c1-9-10(7-15-12-3-5-16-18(9)12)13(20)17-6-4-14(2,21)11(19)8-17/h3,5,7,11,19,21H,4,6,8H2,1-2H3/t11-,14+/m0/s1. The Balaban J connectivity index is 1.89. The highest BCUT2D eigenvalue weighted by molar-refractivity contribution is 5.95. The molecular formula is C14H18N4O3. The summed E-state index contributed by atoms with van der Waals surface area (Å²) in [5.74, 6) is -0.202. The van der Waals surface area contributed by atoms with E-state index in [-0.39, 0.29) is 12.5 Å². The third-order valence-electron chi connectivity index (χ3n) is 4.17. The average molecular weight is 290 g/mol. The fourth-order valence-electron chi connectivity index (χ4n) is 2.58. The second kappa shape index (κ2) is 4.78. The van der Waals surface area contributed by atoms with Crippen molar-refractivity contribution in [3.63, 3.8) is 0 Å². The lowest BCUT2D eigenvalue weighted by Gasteiger charge is -2.40. The molecule has 1 fully saturated rings.